The first-order chi connectivity index (χ1) is 20.1. The SMILES string of the molecule is CC(C)NC(=O)Nc1ccc2c(c1)C(=O)N([C@@H](C)CO)C[C@H](C)[C@H](CN(C)Cc1ccncc1)OCCCC[C@H](C)O2. The van der Waals surface area contributed by atoms with Crippen molar-refractivity contribution in [1.29, 1.82) is 0 Å². The number of hydrogen-bond donors (Lipinski definition) is 3. The van der Waals surface area contributed by atoms with Crippen molar-refractivity contribution in [2.45, 2.75) is 84.7 Å². The van der Waals surface area contributed by atoms with Crippen LogP contribution < -0.4 is 15.4 Å². The van der Waals surface area contributed by atoms with Gasteiger partial charge < -0.3 is 30.1 Å². The van der Waals surface area contributed by atoms with Crippen molar-refractivity contribution in [3.8, 4) is 5.75 Å². The first kappa shape index (κ1) is 33.3. The van der Waals surface area contributed by atoms with Gasteiger partial charge in [-0.2, -0.15) is 0 Å². The highest BCUT2D eigenvalue weighted by Crippen LogP contribution is 2.28. The average molecular weight is 584 g/mol. The van der Waals surface area contributed by atoms with E-state index in [0.717, 1.165) is 25.8 Å². The summed E-state index contributed by atoms with van der Waals surface area (Å²) in [7, 11) is 2.07. The molecule has 1 aromatic carbocycles. The van der Waals surface area contributed by atoms with Crippen molar-refractivity contribution in [2.75, 3.05) is 38.7 Å². The number of urea groups is 1. The number of ether oxygens (including phenoxy) is 2. The lowest BCUT2D eigenvalue weighted by Gasteiger charge is -2.36. The second-order valence-electron chi connectivity index (χ2n) is 11.8. The van der Waals surface area contributed by atoms with Crippen LogP contribution in [0, 0.1) is 5.92 Å². The Morgan fingerprint density at radius 1 is 1.17 bits per heavy atom. The Bertz CT molecular complexity index is 1130. The van der Waals surface area contributed by atoms with Crippen LogP contribution in [0.5, 0.6) is 5.75 Å². The average Bonchev–Trinajstić information content (AvgIpc) is 2.94. The minimum Gasteiger partial charge on any atom is -0.490 e. The number of carbonyl (C=O) groups excluding carboxylic acids is 2. The summed E-state index contributed by atoms with van der Waals surface area (Å²) in [6, 6.07) is 8.34. The molecule has 3 N–H and O–H groups in total. The molecule has 0 saturated carbocycles. The van der Waals surface area contributed by atoms with Crippen molar-refractivity contribution >= 4 is 17.6 Å². The summed E-state index contributed by atoms with van der Waals surface area (Å²) in [5.74, 6) is 0.179. The van der Waals surface area contributed by atoms with Crippen LogP contribution in [0.25, 0.3) is 0 Å². The molecule has 0 radical (unpaired) electrons. The predicted octanol–water partition coefficient (Wildman–Crippen LogP) is 4.54. The number of fused-ring (bicyclic) bond motifs is 1. The number of benzene rings is 1. The molecule has 0 fully saturated rings. The minimum absolute atomic E-state index is 0.0211. The molecule has 4 atom stereocenters. The van der Waals surface area contributed by atoms with Gasteiger partial charge in [-0.3, -0.25) is 14.7 Å². The molecule has 10 nitrogen and oxygen atoms in total. The van der Waals surface area contributed by atoms with Gasteiger partial charge in [-0.1, -0.05) is 6.92 Å². The summed E-state index contributed by atoms with van der Waals surface area (Å²) in [4.78, 5) is 34.6. The van der Waals surface area contributed by atoms with Gasteiger partial charge in [-0.15, -0.1) is 0 Å². The fourth-order valence-electron chi connectivity index (χ4n) is 5.06. The Morgan fingerprint density at radius 3 is 2.60 bits per heavy atom. The predicted molar refractivity (Wildman–Crippen MR) is 165 cm³/mol. The van der Waals surface area contributed by atoms with Crippen LogP contribution in [0.3, 0.4) is 0 Å². The van der Waals surface area contributed by atoms with E-state index in [1.807, 2.05) is 39.8 Å². The number of carbonyl (C=O) groups is 2. The molecule has 2 heterocycles. The van der Waals surface area contributed by atoms with Gasteiger partial charge >= 0.3 is 6.03 Å². The number of hydrogen-bond acceptors (Lipinski definition) is 7. The van der Waals surface area contributed by atoms with Crippen LogP contribution in [-0.2, 0) is 11.3 Å². The summed E-state index contributed by atoms with van der Waals surface area (Å²) in [6.07, 6.45) is 6.00. The fraction of sp³-hybridized carbons (Fsp3) is 0.594. The molecule has 42 heavy (non-hydrogen) atoms. The largest absolute Gasteiger partial charge is 0.490 e. The number of aliphatic hydroxyl groups is 1. The molecule has 0 spiro atoms. The van der Waals surface area contributed by atoms with Gasteiger partial charge in [0.15, 0.2) is 0 Å². The van der Waals surface area contributed by atoms with Crippen LogP contribution >= 0.6 is 0 Å². The van der Waals surface area contributed by atoms with Gasteiger partial charge in [0.2, 0.25) is 0 Å². The topological polar surface area (TPSA) is 116 Å². The lowest BCUT2D eigenvalue weighted by atomic mass is 10.0. The molecule has 2 aromatic rings. The zero-order chi connectivity index (χ0) is 30.6. The number of aromatic nitrogens is 1. The maximum atomic E-state index is 14.2. The highest BCUT2D eigenvalue weighted by Gasteiger charge is 2.30. The van der Waals surface area contributed by atoms with E-state index in [1.54, 1.807) is 35.5 Å². The molecule has 232 valence electrons. The van der Waals surface area contributed by atoms with E-state index in [9.17, 15) is 14.7 Å². The maximum Gasteiger partial charge on any atom is 0.319 e. The van der Waals surface area contributed by atoms with Gasteiger partial charge in [0.05, 0.1) is 30.4 Å². The van der Waals surface area contributed by atoms with Crippen LogP contribution in [0.2, 0.25) is 0 Å². The second-order valence-corrected chi connectivity index (χ2v) is 11.8. The molecule has 0 bridgehead atoms. The zero-order valence-electron chi connectivity index (χ0n) is 26.0. The summed E-state index contributed by atoms with van der Waals surface area (Å²) in [5, 5.41) is 15.8. The van der Waals surface area contributed by atoms with Gasteiger partial charge in [-0.25, -0.2) is 4.79 Å². The van der Waals surface area contributed by atoms with E-state index in [0.29, 0.717) is 36.7 Å². The van der Waals surface area contributed by atoms with Gasteiger partial charge in [0.1, 0.15) is 5.75 Å². The van der Waals surface area contributed by atoms with Gasteiger partial charge in [0.25, 0.3) is 5.91 Å². The van der Waals surface area contributed by atoms with Crippen molar-refractivity contribution in [2.24, 2.45) is 5.92 Å². The summed E-state index contributed by atoms with van der Waals surface area (Å²) < 4.78 is 12.7. The minimum atomic E-state index is -0.436. The van der Waals surface area contributed by atoms with Gasteiger partial charge in [-0.05, 0) is 89.9 Å². The third-order valence-electron chi connectivity index (χ3n) is 7.42. The lowest BCUT2D eigenvalue weighted by molar-refractivity contribution is -0.0177. The number of likely N-dealkylation sites (N-methyl/N-ethyl adjacent to an activating group) is 1. The van der Waals surface area contributed by atoms with E-state index in [2.05, 4.69) is 34.5 Å². The normalized spacial score (nSPS) is 21.3. The number of anilines is 1. The highest BCUT2D eigenvalue weighted by molar-refractivity contribution is 5.99. The molecule has 0 aliphatic carbocycles. The number of pyridine rings is 1. The van der Waals surface area contributed by atoms with Crippen molar-refractivity contribution in [3.05, 3.63) is 53.9 Å². The molecule has 0 saturated heterocycles. The van der Waals surface area contributed by atoms with E-state index >= 15 is 0 Å². The smallest absolute Gasteiger partial charge is 0.319 e. The van der Waals surface area contributed by atoms with E-state index < -0.39 is 6.04 Å². The number of nitrogens with zero attached hydrogens (tertiary/aromatic N) is 3. The number of amides is 3. The standard InChI is InChI=1S/C32H49N5O5/c1-22(2)34-32(40)35-27-10-11-29-28(17-27)31(39)37(24(4)21-38)18-23(3)30(41-16-8-7-9-25(5)42-29)20-36(6)19-26-12-14-33-15-13-26/h10-15,17,22-25,30,38H,7-9,16,18-21H2,1-6H3,(H2,34,35,40)/t23-,24-,25-,30-/m0/s1. The van der Waals surface area contributed by atoms with E-state index in [1.165, 1.54) is 5.56 Å². The molecular formula is C32H49N5O5. The Balaban J connectivity index is 1.90. The molecular weight excluding hydrogens is 534 g/mol. The number of aliphatic hydroxyl groups excluding tert-OH is 1. The molecule has 3 rings (SSSR count). The molecule has 10 heteroatoms. The first-order valence-electron chi connectivity index (χ1n) is 15.1. The quantitative estimate of drug-likeness (QED) is 0.418. The third kappa shape index (κ3) is 10.3. The van der Waals surface area contributed by atoms with Gasteiger partial charge in [0, 0.05) is 56.3 Å². The molecule has 1 aromatic heterocycles. The van der Waals surface area contributed by atoms with Crippen molar-refractivity contribution in [1.82, 2.24) is 20.1 Å². The lowest BCUT2D eigenvalue weighted by Crippen LogP contribution is -2.47. The van der Waals surface area contributed by atoms with E-state index in [-0.39, 0.29) is 42.7 Å². The monoisotopic (exact) mass is 583 g/mol. The Labute approximate surface area is 250 Å². The summed E-state index contributed by atoms with van der Waals surface area (Å²) >= 11 is 0. The number of rotatable bonds is 8. The third-order valence-corrected chi connectivity index (χ3v) is 7.42. The van der Waals surface area contributed by atoms with Crippen LogP contribution in [-0.4, -0.2) is 89.5 Å². The van der Waals surface area contributed by atoms with Crippen molar-refractivity contribution < 1.29 is 24.2 Å². The van der Waals surface area contributed by atoms with Crippen LogP contribution in [0.4, 0.5) is 10.5 Å². The molecule has 0 unspecified atom stereocenters. The summed E-state index contributed by atoms with van der Waals surface area (Å²) in [5.41, 5.74) is 2.01. The Hall–Kier alpha value is -3.21. The highest BCUT2D eigenvalue weighted by atomic mass is 16.5. The van der Waals surface area contributed by atoms with Crippen LogP contribution in [0.1, 0.15) is 69.8 Å². The van der Waals surface area contributed by atoms with E-state index in [4.69, 9.17) is 9.47 Å². The second kappa shape index (κ2) is 16.4. The molecule has 1 aliphatic rings. The molecule has 3 amide bonds. The maximum absolute atomic E-state index is 14.2. The fourth-order valence-corrected chi connectivity index (χ4v) is 5.06. The van der Waals surface area contributed by atoms with Crippen molar-refractivity contribution in [3.63, 3.8) is 0 Å². The number of nitrogens with one attached hydrogen (secondary N) is 2. The first-order valence-corrected chi connectivity index (χ1v) is 15.1. The Kier molecular flexibility index (Phi) is 13.0. The zero-order valence-corrected chi connectivity index (χ0v) is 26.0. The Morgan fingerprint density at radius 2 is 1.90 bits per heavy atom. The molecule has 1 aliphatic heterocycles. The van der Waals surface area contributed by atoms with Crippen LogP contribution in [0.15, 0.2) is 42.7 Å². The summed E-state index contributed by atoms with van der Waals surface area (Å²) in [6.45, 7) is 11.9.